The fourth-order valence-electron chi connectivity index (χ4n) is 3.20. The molecule has 33 heavy (non-hydrogen) atoms. The number of fused-ring (bicyclic) bond motifs is 1. The van der Waals surface area contributed by atoms with Crippen molar-refractivity contribution in [3.05, 3.63) is 106 Å². The largest absolute Gasteiger partial charge is 0.497 e. The zero-order valence-electron chi connectivity index (χ0n) is 17.6. The van der Waals surface area contributed by atoms with Gasteiger partial charge in [0.2, 0.25) is 0 Å². The number of halogens is 1. The van der Waals surface area contributed by atoms with Crippen molar-refractivity contribution in [1.29, 1.82) is 0 Å². The van der Waals surface area contributed by atoms with Crippen LogP contribution in [0.1, 0.15) is 26.3 Å². The number of hydrogen-bond donors (Lipinski definition) is 1. The fraction of sp³-hybridized carbons (Fsp3) is 0.0385. The number of methoxy groups -OCH3 is 1. The molecule has 0 aliphatic rings. The molecule has 7 heteroatoms. The van der Waals surface area contributed by atoms with Crippen molar-refractivity contribution in [1.82, 2.24) is 5.43 Å². The summed E-state index contributed by atoms with van der Waals surface area (Å²) in [6.07, 6.45) is 1.48. The maximum Gasteiger partial charge on any atom is 0.343 e. The quantitative estimate of drug-likeness (QED) is 0.161. The van der Waals surface area contributed by atoms with Crippen LogP contribution in [0.15, 0.2) is 94.5 Å². The lowest BCUT2D eigenvalue weighted by Crippen LogP contribution is -2.17. The fourth-order valence-corrected chi connectivity index (χ4v) is 3.47. The zero-order valence-corrected chi connectivity index (χ0v) is 19.2. The van der Waals surface area contributed by atoms with E-state index in [1.54, 1.807) is 61.7 Å². The van der Waals surface area contributed by atoms with E-state index in [1.165, 1.54) is 6.21 Å². The molecule has 0 aromatic heterocycles. The van der Waals surface area contributed by atoms with Crippen molar-refractivity contribution in [2.75, 3.05) is 7.11 Å². The average molecular weight is 503 g/mol. The maximum absolute atomic E-state index is 12.7. The number of rotatable bonds is 6. The lowest BCUT2D eigenvalue weighted by molar-refractivity contribution is 0.0734. The second-order valence-corrected chi connectivity index (χ2v) is 7.94. The third-order valence-electron chi connectivity index (χ3n) is 4.93. The normalized spacial score (nSPS) is 10.8. The highest BCUT2D eigenvalue weighted by atomic mass is 79.9. The van der Waals surface area contributed by atoms with Crippen LogP contribution in [-0.2, 0) is 0 Å². The summed E-state index contributed by atoms with van der Waals surface area (Å²) < 4.78 is 11.7. The van der Waals surface area contributed by atoms with Crippen LogP contribution in [0.5, 0.6) is 11.5 Å². The van der Waals surface area contributed by atoms with Crippen LogP contribution in [0.25, 0.3) is 10.8 Å². The van der Waals surface area contributed by atoms with Crippen LogP contribution in [0.2, 0.25) is 0 Å². The van der Waals surface area contributed by atoms with E-state index in [0.29, 0.717) is 28.2 Å². The molecule has 0 aliphatic carbocycles. The van der Waals surface area contributed by atoms with Gasteiger partial charge < -0.3 is 9.47 Å². The van der Waals surface area contributed by atoms with E-state index >= 15 is 0 Å². The molecule has 1 amide bonds. The highest BCUT2D eigenvalue weighted by Crippen LogP contribution is 2.27. The molecular weight excluding hydrogens is 484 g/mol. The molecule has 0 heterocycles. The molecule has 4 rings (SSSR count). The Morgan fingerprint density at radius 2 is 1.58 bits per heavy atom. The number of carbonyl (C=O) groups excluding carboxylic acids is 2. The van der Waals surface area contributed by atoms with Crippen molar-refractivity contribution < 1.29 is 19.1 Å². The summed E-state index contributed by atoms with van der Waals surface area (Å²) in [7, 11) is 1.56. The smallest absolute Gasteiger partial charge is 0.343 e. The van der Waals surface area contributed by atoms with Gasteiger partial charge in [-0.2, -0.15) is 5.10 Å². The van der Waals surface area contributed by atoms with Gasteiger partial charge in [-0.25, -0.2) is 10.2 Å². The third kappa shape index (κ3) is 5.27. The highest BCUT2D eigenvalue weighted by Gasteiger charge is 2.14. The van der Waals surface area contributed by atoms with Crippen LogP contribution in [0, 0.1) is 0 Å². The van der Waals surface area contributed by atoms with E-state index in [2.05, 4.69) is 26.5 Å². The molecule has 0 saturated carbocycles. The molecule has 0 fully saturated rings. The van der Waals surface area contributed by atoms with E-state index in [1.807, 2.05) is 30.3 Å². The number of nitrogens with zero attached hydrogens (tertiary/aromatic N) is 1. The van der Waals surface area contributed by atoms with Crippen molar-refractivity contribution in [2.45, 2.75) is 0 Å². The molecule has 0 spiro atoms. The van der Waals surface area contributed by atoms with Gasteiger partial charge in [0, 0.05) is 15.6 Å². The Balaban J connectivity index is 1.60. The lowest BCUT2D eigenvalue weighted by Gasteiger charge is -2.11. The minimum atomic E-state index is -0.513. The summed E-state index contributed by atoms with van der Waals surface area (Å²) in [4.78, 5) is 25.1. The van der Waals surface area contributed by atoms with Gasteiger partial charge in [-0.15, -0.1) is 0 Å². The first kappa shape index (κ1) is 22.2. The monoisotopic (exact) mass is 502 g/mol. The summed E-state index contributed by atoms with van der Waals surface area (Å²) in [5, 5.41) is 5.89. The summed E-state index contributed by atoms with van der Waals surface area (Å²) in [6.45, 7) is 0. The van der Waals surface area contributed by atoms with E-state index in [0.717, 1.165) is 15.2 Å². The Kier molecular flexibility index (Phi) is 6.80. The van der Waals surface area contributed by atoms with Crippen LogP contribution in [-0.4, -0.2) is 25.2 Å². The third-order valence-corrected chi connectivity index (χ3v) is 5.45. The molecule has 4 aromatic carbocycles. The molecule has 164 valence electrons. The highest BCUT2D eigenvalue weighted by molar-refractivity contribution is 9.10. The molecule has 4 aromatic rings. The minimum Gasteiger partial charge on any atom is -0.497 e. The first-order chi connectivity index (χ1) is 16.0. The number of hydrazone groups is 1. The van der Waals surface area contributed by atoms with Gasteiger partial charge in [-0.1, -0.05) is 46.3 Å². The number of ether oxygens (including phenoxy) is 2. The zero-order chi connectivity index (χ0) is 23.2. The Hall–Kier alpha value is -3.97. The number of benzene rings is 4. The van der Waals surface area contributed by atoms with Gasteiger partial charge in [0.15, 0.2) is 0 Å². The summed E-state index contributed by atoms with van der Waals surface area (Å²) in [6, 6.07) is 24.8. The lowest BCUT2D eigenvalue weighted by atomic mass is 10.0. The van der Waals surface area contributed by atoms with Gasteiger partial charge >= 0.3 is 5.97 Å². The van der Waals surface area contributed by atoms with E-state index < -0.39 is 5.97 Å². The molecule has 0 unspecified atom stereocenters. The Labute approximate surface area is 199 Å². The van der Waals surface area contributed by atoms with Gasteiger partial charge in [0.25, 0.3) is 5.91 Å². The van der Waals surface area contributed by atoms with E-state index in [-0.39, 0.29) is 5.91 Å². The second-order valence-electron chi connectivity index (χ2n) is 7.02. The second kappa shape index (κ2) is 10.1. The van der Waals surface area contributed by atoms with Gasteiger partial charge in [0.05, 0.1) is 18.9 Å². The SMILES string of the molecule is COc1ccc(C(=O)Oc2ccc3ccccc3c2/C=N\NC(=O)c2ccc(Br)cc2)cc1. The number of amides is 1. The summed E-state index contributed by atoms with van der Waals surface area (Å²) in [5.41, 5.74) is 3.95. The predicted molar refractivity (Wildman–Crippen MR) is 131 cm³/mol. The number of hydrogen-bond acceptors (Lipinski definition) is 5. The summed E-state index contributed by atoms with van der Waals surface area (Å²) in [5.74, 6) is 0.111. The molecular formula is C26H19BrN2O4. The standard InChI is InChI=1S/C26H19BrN2O4/c1-32-21-13-8-19(9-14-21)26(31)33-24-15-10-17-4-2-3-5-22(17)23(24)16-28-29-25(30)18-6-11-20(27)12-7-18/h2-16H,1H3,(H,29,30)/b28-16-. The summed E-state index contributed by atoms with van der Waals surface area (Å²) >= 11 is 3.34. The van der Waals surface area contributed by atoms with Crippen molar-refractivity contribution in [3.63, 3.8) is 0 Å². The molecule has 0 aliphatic heterocycles. The van der Waals surface area contributed by atoms with Crippen molar-refractivity contribution in [2.24, 2.45) is 5.10 Å². The number of nitrogens with one attached hydrogen (secondary N) is 1. The topological polar surface area (TPSA) is 77.0 Å². The predicted octanol–water partition coefficient (Wildman–Crippen LogP) is 5.59. The molecule has 0 saturated heterocycles. The van der Waals surface area contributed by atoms with Gasteiger partial charge in [-0.05, 0) is 65.4 Å². The van der Waals surface area contributed by atoms with Gasteiger partial charge in [0.1, 0.15) is 11.5 Å². The molecule has 0 atom stereocenters. The number of carbonyl (C=O) groups is 2. The number of esters is 1. The maximum atomic E-state index is 12.7. The van der Waals surface area contributed by atoms with E-state index in [9.17, 15) is 9.59 Å². The Morgan fingerprint density at radius 1 is 0.879 bits per heavy atom. The first-order valence-corrected chi connectivity index (χ1v) is 10.8. The van der Waals surface area contributed by atoms with Crippen LogP contribution in [0.4, 0.5) is 0 Å². The Morgan fingerprint density at radius 3 is 2.30 bits per heavy atom. The van der Waals surface area contributed by atoms with Crippen molar-refractivity contribution >= 4 is 44.8 Å². The van der Waals surface area contributed by atoms with Gasteiger partial charge in [-0.3, -0.25) is 4.79 Å². The van der Waals surface area contributed by atoms with Crippen LogP contribution in [0.3, 0.4) is 0 Å². The van der Waals surface area contributed by atoms with Crippen molar-refractivity contribution in [3.8, 4) is 11.5 Å². The average Bonchev–Trinajstić information content (AvgIpc) is 2.85. The molecule has 6 nitrogen and oxygen atoms in total. The molecule has 0 bridgehead atoms. The Bertz CT molecular complexity index is 1330. The molecule has 0 radical (unpaired) electrons. The van der Waals surface area contributed by atoms with E-state index in [4.69, 9.17) is 9.47 Å². The molecule has 1 N–H and O–H groups in total. The first-order valence-electron chi connectivity index (χ1n) is 10.0. The minimum absolute atomic E-state index is 0.330. The van der Waals surface area contributed by atoms with Crippen LogP contribution < -0.4 is 14.9 Å². The van der Waals surface area contributed by atoms with Crippen LogP contribution >= 0.6 is 15.9 Å².